The van der Waals surface area contributed by atoms with Crippen LogP contribution in [0.5, 0.6) is 0 Å². The van der Waals surface area contributed by atoms with Crippen molar-refractivity contribution in [1.82, 2.24) is 0 Å². The molecule has 0 aromatic carbocycles. The standard InChI is InChI=1S/C4H9OSi2/c1-4(2,3)5-7-6/h1-3H3. The molecule has 1 nitrogen and oxygen atoms in total. The summed E-state index contributed by atoms with van der Waals surface area (Å²) in [5.74, 6) is 0. The van der Waals surface area contributed by atoms with Crippen LogP contribution in [0.1, 0.15) is 20.8 Å². The van der Waals surface area contributed by atoms with E-state index in [0.717, 1.165) is 0 Å². The molecule has 0 aromatic heterocycles. The third-order valence-corrected chi connectivity index (χ3v) is 1.38. The van der Waals surface area contributed by atoms with Crippen LogP contribution in [0.2, 0.25) is 0 Å². The third-order valence-electron chi connectivity index (χ3n) is 0.357. The highest BCUT2D eigenvalue weighted by Crippen LogP contribution is 2.02. The quantitative estimate of drug-likeness (QED) is 0.469. The summed E-state index contributed by atoms with van der Waals surface area (Å²) < 4.78 is 5.17. The normalized spacial score (nSPS) is 12.0. The van der Waals surface area contributed by atoms with Crippen LogP contribution in [0.15, 0.2) is 0 Å². The Morgan fingerprint density at radius 1 is 1.43 bits per heavy atom. The number of hydrogen-bond acceptors (Lipinski definition) is 1. The second-order valence-corrected chi connectivity index (χ2v) is 3.34. The van der Waals surface area contributed by atoms with Gasteiger partial charge in [-0.15, -0.1) is 0 Å². The highest BCUT2D eigenvalue weighted by atomic mass is 29.1. The molecule has 0 spiro atoms. The van der Waals surface area contributed by atoms with Crippen molar-refractivity contribution < 1.29 is 4.43 Å². The molecule has 0 rings (SSSR count). The van der Waals surface area contributed by atoms with Crippen LogP contribution in [0.3, 0.4) is 0 Å². The summed E-state index contributed by atoms with van der Waals surface area (Å²) in [5, 5.41) is 0. The molecule has 0 saturated carbocycles. The molecule has 0 amide bonds. The maximum atomic E-state index is 5.17. The molecule has 0 atom stereocenters. The van der Waals surface area contributed by atoms with E-state index in [0.29, 0.717) is 9.28 Å². The lowest BCUT2D eigenvalue weighted by Crippen LogP contribution is -2.21. The molecule has 0 fully saturated rings. The van der Waals surface area contributed by atoms with Crippen molar-refractivity contribution in [3.05, 3.63) is 0 Å². The minimum Gasteiger partial charge on any atom is -0.418 e. The minimum atomic E-state index is 0.0141. The van der Waals surface area contributed by atoms with E-state index >= 15 is 0 Å². The molecule has 3 heteroatoms. The van der Waals surface area contributed by atoms with Gasteiger partial charge in [0.15, 0.2) is 0 Å². The van der Waals surface area contributed by atoms with Gasteiger partial charge in [0.1, 0.15) is 0 Å². The van der Waals surface area contributed by atoms with Crippen LogP contribution in [0.25, 0.3) is 0 Å². The first-order valence-corrected chi connectivity index (χ1v) is 4.57. The lowest BCUT2D eigenvalue weighted by Gasteiger charge is -2.17. The molecule has 0 aromatic rings. The Bertz CT molecular complexity index is 48.1. The summed E-state index contributed by atoms with van der Waals surface area (Å²) in [6.45, 7) is 6.08. The fourth-order valence-corrected chi connectivity index (χ4v) is 1.38. The fraction of sp³-hybridized carbons (Fsp3) is 1.00. The van der Waals surface area contributed by atoms with E-state index in [9.17, 15) is 0 Å². The van der Waals surface area contributed by atoms with Crippen molar-refractivity contribution in [3.63, 3.8) is 0 Å². The summed E-state index contributed by atoms with van der Waals surface area (Å²) >= 11 is 0. The molecule has 0 unspecified atom stereocenters. The van der Waals surface area contributed by atoms with Gasteiger partial charge in [0.25, 0.3) is 0 Å². The molecule has 0 aliphatic heterocycles. The Morgan fingerprint density at radius 3 is 1.86 bits per heavy atom. The highest BCUT2D eigenvalue weighted by Gasteiger charge is 2.06. The minimum absolute atomic E-state index is 0.0141. The smallest absolute Gasteiger partial charge is 0.202 e. The maximum Gasteiger partial charge on any atom is 0.202 e. The molecular weight excluding hydrogens is 120 g/mol. The Kier molecular flexibility index (Phi) is 2.79. The van der Waals surface area contributed by atoms with E-state index < -0.39 is 0 Å². The summed E-state index contributed by atoms with van der Waals surface area (Å²) in [7, 11) is 3.65. The predicted molar refractivity (Wildman–Crippen MR) is 32.3 cm³/mol. The van der Waals surface area contributed by atoms with Gasteiger partial charge in [0.05, 0.1) is 0 Å². The van der Waals surface area contributed by atoms with E-state index in [-0.39, 0.29) is 5.60 Å². The summed E-state index contributed by atoms with van der Waals surface area (Å²) in [4.78, 5) is 0. The van der Waals surface area contributed by atoms with Crippen LogP contribution < -0.4 is 0 Å². The lowest BCUT2D eigenvalue weighted by molar-refractivity contribution is 0.144. The van der Waals surface area contributed by atoms with Crippen molar-refractivity contribution in [1.29, 1.82) is 0 Å². The first kappa shape index (κ1) is 7.39. The summed E-state index contributed by atoms with van der Waals surface area (Å²) in [6.07, 6.45) is 0. The van der Waals surface area contributed by atoms with Gasteiger partial charge >= 0.3 is 0 Å². The van der Waals surface area contributed by atoms with Crippen molar-refractivity contribution in [3.8, 4) is 0 Å². The highest BCUT2D eigenvalue weighted by molar-refractivity contribution is 6.85. The summed E-state index contributed by atoms with van der Waals surface area (Å²) in [5.41, 5.74) is 0.0141. The van der Waals surface area contributed by atoms with Gasteiger partial charge in [-0.05, 0) is 20.8 Å². The van der Waals surface area contributed by atoms with Crippen LogP contribution in [-0.4, -0.2) is 24.6 Å². The van der Waals surface area contributed by atoms with Crippen LogP contribution in [-0.2, 0) is 4.43 Å². The number of hydrogen-bond donors (Lipinski definition) is 0. The molecule has 39 valence electrons. The second kappa shape index (κ2) is 2.64. The molecule has 0 heterocycles. The van der Waals surface area contributed by atoms with Gasteiger partial charge in [-0.25, -0.2) is 0 Å². The van der Waals surface area contributed by atoms with E-state index in [2.05, 4.69) is 9.76 Å². The Morgan fingerprint density at radius 2 is 1.86 bits per heavy atom. The van der Waals surface area contributed by atoms with Gasteiger partial charge < -0.3 is 4.43 Å². The van der Waals surface area contributed by atoms with Crippen LogP contribution in [0.4, 0.5) is 0 Å². The fourth-order valence-electron chi connectivity index (χ4n) is 0.153. The third kappa shape index (κ3) is 6.39. The molecule has 5 radical (unpaired) electrons. The van der Waals surface area contributed by atoms with E-state index in [1.54, 1.807) is 0 Å². The largest absolute Gasteiger partial charge is 0.418 e. The van der Waals surface area contributed by atoms with Crippen molar-refractivity contribution in [2.45, 2.75) is 26.4 Å². The van der Waals surface area contributed by atoms with E-state index in [1.807, 2.05) is 20.8 Å². The molecule has 0 aliphatic rings. The Labute approximate surface area is 50.6 Å². The zero-order valence-corrected chi connectivity index (χ0v) is 6.91. The first-order chi connectivity index (χ1) is 3.06. The number of rotatable bonds is 1. The van der Waals surface area contributed by atoms with Crippen molar-refractivity contribution in [2.24, 2.45) is 0 Å². The van der Waals surface area contributed by atoms with Gasteiger partial charge in [0.2, 0.25) is 9.28 Å². The van der Waals surface area contributed by atoms with Crippen LogP contribution >= 0.6 is 0 Å². The average molecular weight is 129 g/mol. The van der Waals surface area contributed by atoms with E-state index in [4.69, 9.17) is 4.43 Å². The average Bonchev–Trinajstić information content (AvgIpc) is 1.30. The van der Waals surface area contributed by atoms with Gasteiger partial charge in [-0.2, -0.15) is 0 Å². The van der Waals surface area contributed by atoms with E-state index in [1.165, 1.54) is 0 Å². The Balaban J connectivity index is 3.15. The van der Waals surface area contributed by atoms with Gasteiger partial charge in [-0.3, -0.25) is 0 Å². The zero-order chi connectivity index (χ0) is 5.91. The molecule has 0 bridgehead atoms. The Hall–Kier alpha value is 0.394. The summed E-state index contributed by atoms with van der Waals surface area (Å²) in [6, 6.07) is 0. The monoisotopic (exact) mass is 129 g/mol. The lowest BCUT2D eigenvalue weighted by atomic mass is 10.2. The zero-order valence-electron chi connectivity index (χ0n) is 4.91. The molecule has 0 saturated heterocycles. The molecule has 0 aliphatic carbocycles. The SMILES string of the molecule is CC(C)(C)O[Si][Si]. The van der Waals surface area contributed by atoms with Crippen molar-refractivity contribution >= 4 is 19.0 Å². The molecule has 0 N–H and O–H groups in total. The first-order valence-electron chi connectivity index (χ1n) is 2.16. The topological polar surface area (TPSA) is 9.23 Å². The molecule has 7 heavy (non-hydrogen) atoms. The second-order valence-electron chi connectivity index (χ2n) is 2.32. The van der Waals surface area contributed by atoms with Crippen molar-refractivity contribution in [2.75, 3.05) is 0 Å². The predicted octanol–water partition coefficient (Wildman–Crippen LogP) is 0.504. The van der Waals surface area contributed by atoms with Gasteiger partial charge in [-0.1, -0.05) is 0 Å². The van der Waals surface area contributed by atoms with Crippen LogP contribution in [0, 0.1) is 0 Å². The molecular formula is C4H9OSi2. The van der Waals surface area contributed by atoms with Gasteiger partial charge in [0, 0.05) is 15.4 Å². The maximum absolute atomic E-state index is 5.17.